The van der Waals surface area contributed by atoms with Crippen molar-refractivity contribution >= 4 is 11.8 Å². The number of hydrogen-bond donors (Lipinski definition) is 3. The van der Waals surface area contributed by atoms with E-state index in [1.165, 1.54) is 6.07 Å². The number of hydrogen-bond acceptors (Lipinski definition) is 6. The number of aliphatic hydroxyl groups is 1. The first-order chi connectivity index (χ1) is 18.3. The number of aliphatic hydroxyl groups excluding tert-OH is 1. The Balaban J connectivity index is 1.26. The van der Waals surface area contributed by atoms with E-state index in [1.54, 1.807) is 19.1 Å². The molecular weight excluding hydrogens is 531 g/mol. The molecule has 2 bridgehead atoms. The molecular formula is C26H27F5N2O6. The molecule has 2 aromatic carbocycles. The molecule has 0 spiro atoms. The zero-order chi connectivity index (χ0) is 28.4. The van der Waals surface area contributed by atoms with Gasteiger partial charge in [-0.3, -0.25) is 9.59 Å². The summed E-state index contributed by atoms with van der Waals surface area (Å²) in [6.07, 6.45) is -4.17. The van der Waals surface area contributed by atoms with Crippen molar-refractivity contribution < 1.29 is 50.9 Å². The van der Waals surface area contributed by atoms with Crippen molar-refractivity contribution in [2.45, 2.75) is 62.6 Å². The van der Waals surface area contributed by atoms with Crippen molar-refractivity contribution in [2.75, 3.05) is 13.2 Å². The number of fused-ring (bicyclic) bond motifs is 3. The second-order valence-electron chi connectivity index (χ2n) is 9.88. The third-order valence-corrected chi connectivity index (χ3v) is 7.13. The van der Waals surface area contributed by atoms with E-state index >= 15 is 0 Å². The van der Waals surface area contributed by atoms with Crippen molar-refractivity contribution in [3.63, 3.8) is 0 Å². The van der Waals surface area contributed by atoms with Gasteiger partial charge in [0.15, 0.2) is 24.8 Å². The normalized spacial score (nSPS) is 24.1. The van der Waals surface area contributed by atoms with Gasteiger partial charge in [-0.1, -0.05) is 6.07 Å². The SMILES string of the molecule is Cc1ccc(OCC(=O)NC23CCC(NC(=O)COc4ccc(OC(F)(F)F)c(F)c4)(CC2)[C@@H](O)C3)cc1F. The first-order valence-electron chi connectivity index (χ1n) is 12.2. The maximum absolute atomic E-state index is 13.9. The molecule has 39 heavy (non-hydrogen) atoms. The van der Waals surface area contributed by atoms with E-state index < -0.39 is 59.3 Å². The third kappa shape index (κ3) is 6.88. The molecule has 2 amide bonds. The molecule has 3 fully saturated rings. The van der Waals surface area contributed by atoms with Crippen LogP contribution in [0.4, 0.5) is 22.0 Å². The van der Waals surface area contributed by atoms with Gasteiger partial charge in [-0.05, 0) is 62.8 Å². The Morgan fingerprint density at radius 2 is 1.49 bits per heavy atom. The van der Waals surface area contributed by atoms with Gasteiger partial charge in [0.1, 0.15) is 17.3 Å². The number of ether oxygens (including phenoxy) is 3. The summed E-state index contributed by atoms with van der Waals surface area (Å²) in [6, 6.07) is 6.73. The fourth-order valence-electron chi connectivity index (χ4n) is 5.05. The number of amides is 2. The van der Waals surface area contributed by atoms with Crippen molar-refractivity contribution in [1.82, 2.24) is 10.6 Å². The Bertz CT molecular complexity index is 1230. The quantitative estimate of drug-likeness (QED) is 0.406. The summed E-state index contributed by atoms with van der Waals surface area (Å²) >= 11 is 0. The Kier molecular flexibility index (Phi) is 7.92. The number of nitrogens with one attached hydrogen (secondary N) is 2. The van der Waals surface area contributed by atoms with Gasteiger partial charge >= 0.3 is 6.36 Å². The minimum absolute atomic E-state index is 0.181. The Hall–Kier alpha value is -3.61. The van der Waals surface area contributed by atoms with Gasteiger partial charge in [-0.25, -0.2) is 8.78 Å². The highest BCUT2D eigenvalue weighted by atomic mass is 19.4. The summed E-state index contributed by atoms with van der Waals surface area (Å²) in [5.41, 5.74) is -1.17. The molecule has 3 N–H and O–H groups in total. The fraction of sp³-hybridized carbons (Fsp3) is 0.462. The second-order valence-corrected chi connectivity index (χ2v) is 9.88. The van der Waals surface area contributed by atoms with Gasteiger partial charge in [-0.2, -0.15) is 0 Å². The van der Waals surface area contributed by atoms with E-state index in [0.717, 1.165) is 12.1 Å². The van der Waals surface area contributed by atoms with E-state index in [2.05, 4.69) is 15.4 Å². The lowest BCUT2D eigenvalue weighted by Crippen LogP contribution is -2.70. The summed E-state index contributed by atoms with van der Waals surface area (Å²) in [5.74, 6) is -3.78. The highest BCUT2D eigenvalue weighted by molar-refractivity contribution is 5.79. The molecule has 212 valence electrons. The summed E-state index contributed by atoms with van der Waals surface area (Å²) < 4.78 is 78.5. The molecule has 3 saturated carbocycles. The van der Waals surface area contributed by atoms with Crippen molar-refractivity contribution in [1.29, 1.82) is 0 Å². The average Bonchev–Trinajstić information content (AvgIpc) is 2.85. The van der Waals surface area contributed by atoms with E-state index in [-0.39, 0.29) is 24.5 Å². The zero-order valence-corrected chi connectivity index (χ0v) is 20.9. The maximum Gasteiger partial charge on any atom is 0.573 e. The Morgan fingerprint density at radius 3 is 2.03 bits per heavy atom. The van der Waals surface area contributed by atoms with Crippen LogP contribution in [0.1, 0.15) is 37.7 Å². The van der Waals surface area contributed by atoms with Gasteiger partial charge in [0.2, 0.25) is 0 Å². The molecule has 2 aromatic rings. The fourth-order valence-corrected chi connectivity index (χ4v) is 5.05. The summed E-state index contributed by atoms with van der Waals surface area (Å²) in [5, 5.41) is 16.5. The molecule has 0 radical (unpaired) electrons. The monoisotopic (exact) mass is 558 g/mol. The summed E-state index contributed by atoms with van der Waals surface area (Å²) in [7, 11) is 0. The minimum Gasteiger partial charge on any atom is -0.484 e. The number of halogens is 5. The summed E-state index contributed by atoms with van der Waals surface area (Å²) in [6.45, 7) is 0.716. The lowest BCUT2D eigenvalue weighted by atomic mass is 9.60. The predicted octanol–water partition coefficient (Wildman–Crippen LogP) is 3.68. The first kappa shape index (κ1) is 28.4. The van der Waals surface area contributed by atoms with Crippen molar-refractivity contribution in [3.05, 3.63) is 53.6 Å². The first-order valence-corrected chi connectivity index (χ1v) is 12.2. The topological polar surface area (TPSA) is 106 Å². The van der Waals surface area contributed by atoms with E-state index in [0.29, 0.717) is 37.3 Å². The minimum atomic E-state index is -5.06. The highest BCUT2D eigenvalue weighted by Crippen LogP contribution is 2.47. The van der Waals surface area contributed by atoms with Crippen LogP contribution in [0.5, 0.6) is 17.2 Å². The van der Waals surface area contributed by atoms with Gasteiger partial charge in [0, 0.05) is 17.7 Å². The number of benzene rings is 2. The molecule has 3 aliphatic rings. The smallest absolute Gasteiger partial charge is 0.484 e. The second kappa shape index (κ2) is 10.9. The predicted molar refractivity (Wildman–Crippen MR) is 126 cm³/mol. The van der Waals surface area contributed by atoms with Crippen molar-refractivity contribution in [3.8, 4) is 17.2 Å². The highest BCUT2D eigenvalue weighted by Gasteiger charge is 2.55. The van der Waals surface area contributed by atoms with Crippen LogP contribution in [0.25, 0.3) is 0 Å². The third-order valence-electron chi connectivity index (χ3n) is 7.13. The van der Waals surface area contributed by atoms with Gasteiger partial charge in [-0.15, -0.1) is 13.2 Å². The van der Waals surface area contributed by atoms with Crippen LogP contribution in [0.15, 0.2) is 36.4 Å². The molecule has 0 aliphatic heterocycles. The lowest BCUT2D eigenvalue weighted by molar-refractivity contribution is -0.275. The molecule has 13 heteroatoms. The van der Waals surface area contributed by atoms with Crippen LogP contribution in [0.2, 0.25) is 0 Å². The number of alkyl halides is 3. The molecule has 3 aliphatic carbocycles. The molecule has 1 atom stereocenters. The van der Waals surface area contributed by atoms with Crippen LogP contribution in [0, 0.1) is 18.6 Å². The molecule has 0 heterocycles. The van der Waals surface area contributed by atoms with Gasteiger partial charge in [0.25, 0.3) is 11.8 Å². The standard InChI is InChI=1S/C26H27F5N2O6/c1-15-2-3-16(10-18(15)27)37-13-22(35)32-24-6-8-25(9-7-24,21(34)12-24)33-23(36)14-38-17-4-5-20(19(28)11-17)39-26(29,30)31/h2-5,10-11,21,34H,6-9,12-14H2,1H3,(H,32,35)(H,33,36)/t21-,24?,25?/m0/s1. The van der Waals surface area contributed by atoms with E-state index in [1.807, 2.05) is 0 Å². The van der Waals surface area contributed by atoms with Crippen LogP contribution >= 0.6 is 0 Å². The van der Waals surface area contributed by atoms with Crippen LogP contribution in [-0.2, 0) is 9.59 Å². The van der Waals surface area contributed by atoms with Crippen LogP contribution in [0.3, 0.4) is 0 Å². The Morgan fingerprint density at radius 1 is 0.923 bits per heavy atom. The average molecular weight is 559 g/mol. The molecule has 5 rings (SSSR count). The van der Waals surface area contributed by atoms with Crippen molar-refractivity contribution in [2.24, 2.45) is 0 Å². The van der Waals surface area contributed by atoms with Gasteiger partial charge in [0.05, 0.1) is 11.6 Å². The molecule has 0 unspecified atom stereocenters. The number of aryl methyl sites for hydroxylation is 1. The summed E-state index contributed by atoms with van der Waals surface area (Å²) in [4.78, 5) is 25.1. The molecule has 0 aromatic heterocycles. The number of rotatable bonds is 9. The molecule has 8 nitrogen and oxygen atoms in total. The maximum atomic E-state index is 13.9. The number of carbonyl (C=O) groups is 2. The van der Waals surface area contributed by atoms with Crippen LogP contribution in [-0.4, -0.2) is 53.7 Å². The van der Waals surface area contributed by atoms with E-state index in [4.69, 9.17) is 9.47 Å². The largest absolute Gasteiger partial charge is 0.573 e. The molecule has 0 saturated heterocycles. The number of carbonyl (C=O) groups excluding carboxylic acids is 2. The van der Waals surface area contributed by atoms with Gasteiger partial charge < -0.3 is 30.0 Å². The lowest BCUT2D eigenvalue weighted by Gasteiger charge is -2.56. The van der Waals surface area contributed by atoms with Crippen LogP contribution < -0.4 is 24.8 Å². The van der Waals surface area contributed by atoms with E-state index in [9.17, 15) is 36.6 Å². The Labute approximate surface area is 220 Å². The zero-order valence-electron chi connectivity index (χ0n) is 20.9.